The van der Waals surface area contributed by atoms with Gasteiger partial charge in [0.25, 0.3) is 5.56 Å². The molecule has 30 heavy (non-hydrogen) atoms. The van der Waals surface area contributed by atoms with E-state index in [2.05, 4.69) is 0 Å². The molecule has 0 bridgehead atoms. The van der Waals surface area contributed by atoms with Gasteiger partial charge in [-0.05, 0) is 56.4 Å². The van der Waals surface area contributed by atoms with E-state index in [1.807, 2.05) is 46.7 Å². The average molecular weight is 427 g/mol. The number of carbonyl (C=O) groups is 1. The maximum Gasteiger partial charge on any atom is 0.254 e. The lowest BCUT2D eigenvalue weighted by atomic mass is 9.77. The zero-order chi connectivity index (χ0) is 20.9. The molecule has 3 aliphatic rings. The smallest absolute Gasteiger partial charge is 0.254 e. The highest BCUT2D eigenvalue weighted by Crippen LogP contribution is 2.44. The average Bonchev–Trinajstić information content (AvgIpc) is 3.38. The Bertz CT molecular complexity index is 1010. The molecule has 2 heterocycles. The molecule has 1 aromatic heterocycles. The normalized spacial score (nSPS) is 20.8. The number of hydrogen-bond acceptors (Lipinski definition) is 3. The predicted molar refractivity (Wildman–Crippen MR) is 116 cm³/mol. The molecule has 2 aliphatic carbocycles. The van der Waals surface area contributed by atoms with Gasteiger partial charge in [-0.3, -0.25) is 9.59 Å². The first-order chi connectivity index (χ1) is 14.5. The van der Waals surface area contributed by atoms with Gasteiger partial charge in [-0.2, -0.15) is 0 Å². The number of amides is 1. The van der Waals surface area contributed by atoms with E-state index in [1.165, 1.54) is 0 Å². The number of aromatic nitrogens is 1. The largest absolute Gasteiger partial charge is 0.486 e. The topological polar surface area (TPSA) is 51.5 Å². The van der Waals surface area contributed by atoms with E-state index < -0.39 is 5.41 Å². The molecular weight excluding hydrogens is 400 g/mol. The van der Waals surface area contributed by atoms with E-state index in [1.54, 1.807) is 6.07 Å². The van der Waals surface area contributed by atoms with Crippen molar-refractivity contribution in [2.75, 3.05) is 13.1 Å². The van der Waals surface area contributed by atoms with Crippen molar-refractivity contribution in [1.29, 1.82) is 0 Å². The second-order valence-electron chi connectivity index (χ2n) is 9.02. The fourth-order valence-corrected chi connectivity index (χ4v) is 5.22. The second kappa shape index (κ2) is 7.45. The summed E-state index contributed by atoms with van der Waals surface area (Å²) in [4.78, 5) is 27.8. The van der Waals surface area contributed by atoms with Crippen LogP contribution in [0, 0.1) is 6.92 Å². The summed E-state index contributed by atoms with van der Waals surface area (Å²) in [5.74, 6) is 0.808. The Hall–Kier alpha value is -2.27. The molecule has 3 fully saturated rings. The second-order valence-corrected chi connectivity index (χ2v) is 9.45. The third kappa shape index (κ3) is 3.43. The molecular formula is C24H27ClN2O3. The molecule has 0 atom stereocenters. The molecule has 2 aromatic rings. The zero-order valence-corrected chi connectivity index (χ0v) is 18.0. The first-order valence-electron chi connectivity index (χ1n) is 10.9. The first kappa shape index (κ1) is 19.7. The van der Waals surface area contributed by atoms with Gasteiger partial charge in [-0.25, -0.2) is 0 Å². The van der Waals surface area contributed by atoms with Gasteiger partial charge in [0.15, 0.2) is 0 Å². The van der Waals surface area contributed by atoms with Crippen LogP contribution in [0.25, 0.3) is 0 Å². The molecule has 0 unspecified atom stereocenters. The molecule has 5 rings (SSSR count). The minimum absolute atomic E-state index is 0.00685. The fourth-order valence-electron chi connectivity index (χ4n) is 5.10. The van der Waals surface area contributed by atoms with Crippen molar-refractivity contribution >= 4 is 17.5 Å². The summed E-state index contributed by atoms with van der Waals surface area (Å²) in [6.07, 6.45) is 6.00. The number of pyridine rings is 1. The van der Waals surface area contributed by atoms with Crippen molar-refractivity contribution in [3.05, 3.63) is 63.0 Å². The van der Waals surface area contributed by atoms with Gasteiger partial charge < -0.3 is 14.2 Å². The van der Waals surface area contributed by atoms with Gasteiger partial charge in [0, 0.05) is 22.8 Å². The van der Waals surface area contributed by atoms with Crippen LogP contribution in [0.3, 0.4) is 0 Å². The highest BCUT2D eigenvalue weighted by molar-refractivity contribution is 6.30. The number of carbonyl (C=O) groups excluding carboxylic acids is 1. The number of hydrogen-bond donors (Lipinski definition) is 0. The molecule has 0 N–H and O–H groups in total. The Morgan fingerprint density at radius 2 is 1.77 bits per heavy atom. The van der Waals surface area contributed by atoms with E-state index >= 15 is 0 Å². The third-order valence-corrected chi connectivity index (χ3v) is 7.10. The molecule has 158 valence electrons. The number of halogens is 1. The Kier molecular flexibility index (Phi) is 4.89. The van der Waals surface area contributed by atoms with Gasteiger partial charge in [0.1, 0.15) is 11.9 Å². The molecule has 1 aliphatic heterocycles. The maximum absolute atomic E-state index is 13.5. The standard InChI is InChI=1S/C24H27ClN2O3/c1-16-12-20(13-22(28)27(16)19-8-9-19)30-21-14-26(15-21)23(29)24(10-2-3-11-24)17-4-6-18(25)7-5-17/h4-7,12-13,19,21H,2-3,8-11,14-15H2,1H3. The minimum atomic E-state index is -0.434. The summed E-state index contributed by atoms with van der Waals surface area (Å²) in [5, 5.41) is 0.690. The summed E-state index contributed by atoms with van der Waals surface area (Å²) in [6, 6.07) is 11.6. The third-order valence-electron chi connectivity index (χ3n) is 6.85. The Morgan fingerprint density at radius 3 is 2.37 bits per heavy atom. The number of likely N-dealkylation sites (tertiary alicyclic amines) is 1. The predicted octanol–water partition coefficient (Wildman–Crippen LogP) is 4.25. The molecule has 6 heteroatoms. The van der Waals surface area contributed by atoms with Gasteiger partial charge in [-0.1, -0.05) is 36.6 Å². The van der Waals surface area contributed by atoms with Crippen LogP contribution in [0.15, 0.2) is 41.2 Å². The highest BCUT2D eigenvalue weighted by atomic mass is 35.5. The van der Waals surface area contributed by atoms with E-state index in [-0.39, 0.29) is 17.6 Å². The van der Waals surface area contributed by atoms with Crippen LogP contribution in [0.5, 0.6) is 5.75 Å². The lowest BCUT2D eigenvalue weighted by Gasteiger charge is -2.44. The molecule has 1 saturated heterocycles. The van der Waals surface area contributed by atoms with E-state index in [0.717, 1.165) is 49.8 Å². The Labute approximate surface area is 181 Å². The van der Waals surface area contributed by atoms with Crippen LogP contribution in [0.2, 0.25) is 5.02 Å². The van der Waals surface area contributed by atoms with Crippen molar-refractivity contribution in [1.82, 2.24) is 9.47 Å². The molecule has 0 spiro atoms. The maximum atomic E-state index is 13.5. The van der Waals surface area contributed by atoms with Crippen molar-refractivity contribution in [2.24, 2.45) is 0 Å². The molecule has 2 saturated carbocycles. The number of rotatable bonds is 5. The number of ether oxygens (including phenoxy) is 1. The van der Waals surface area contributed by atoms with Gasteiger partial charge in [-0.15, -0.1) is 0 Å². The van der Waals surface area contributed by atoms with E-state index in [9.17, 15) is 9.59 Å². The minimum Gasteiger partial charge on any atom is -0.486 e. The zero-order valence-electron chi connectivity index (χ0n) is 17.3. The van der Waals surface area contributed by atoms with Crippen molar-refractivity contribution < 1.29 is 9.53 Å². The SMILES string of the molecule is Cc1cc(OC2CN(C(=O)C3(c4ccc(Cl)cc4)CCCC3)C2)cc(=O)n1C1CC1. The van der Waals surface area contributed by atoms with Gasteiger partial charge >= 0.3 is 0 Å². The molecule has 1 aromatic carbocycles. The summed E-state index contributed by atoms with van der Waals surface area (Å²) in [7, 11) is 0. The summed E-state index contributed by atoms with van der Waals surface area (Å²) in [6.45, 7) is 3.09. The lowest BCUT2D eigenvalue weighted by molar-refractivity contribution is -0.146. The van der Waals surface area contributed by atoms with Crippen LogP contribution >= 0.6 is 11.6 Å². The number of nitrogens with zero attached hydrogens (tertiary/aromatic N) is 2. The van der Waals surface area contributed by atoms with E-state index in [0.29, 0.717) is 29.9 Å². The Morgan fingerprint density at radius 1 is 1.10 bits per heavy atom. The quantitative estimate of drug-likeness (QED) is 0.718. The van der Waals surface area contributed by atoms with Crippen LogP contribution < -0.4 is 10.3 Å². The molecule has 5 nitrogen and oxygen atoms in total. The van der Waals surface area contributed by atoms with Crippen LogP contribution in [0.4, 0.5) is 0 Å². The summed E-state index contributed by atoms with van der Waals surface area (Å²) in [5.41, 5.74) is 1.59. The Balaban J connectivity index is 1.26. The van der Waals surface area contributed by atoms with Crippen LogP contribution in [-0.2, 0) is 10.2 Å². The first-order valence-corrected chi connectivity index (χ1v) is 11.3. The molecule has 0 radical (unpaired) electrons. The summed E-state index contributed by atoms with van der Waals surface area (Å²) >= 11 is 6.06. The van der Waals surface area contributed by atoms with Gasteiger partial charge in [0.2, 0.25) is 5.91 Å². The monoisotopic (exact) mass is 426 g/mol. The number of benzene rings is 1. The fraction of sp³-hybridized carbons (Fsp3) is 0.500. The van der Waals surface area contributed by atoms with Crippen LogP contribution in [-0.4, -0.2) is 34.6 Å². The van der Waals surface area contributed by atoms with Crippen molar-refractivity contribution in [3.63, 3.8) is 0 Å². The van der Waals surface area contributed by atoms with E-state index in [4.69, 9.17) is 16.3 Å². The summed E-state index contributed by atoms with van der Waals surface area (Å²) < 4.78 is 7.90. The van der Waals surface area contributed by atoms with Crippen molar-refractivity contribution in [2.45, 2.75) is 63.0 Å². The molecule has 1 amide bonds. The van der Waals surface area contributed by atoms with Crippen LogP contribution in [0.1, 0.15) is 55.8 Å². The highest BCUT2D eigenvalue weighted by Gasteiger charge is 2.48. The lowest BCUT2D eigenvalue weighted by Crippen LogP contribution is -2.60. The van der Waals surface area contributed by atoms with Gasteiger partial charge in [0.05, 0.1) is 18.5 Å². The number of aryl methyl sites for hydroxylation is 1. The van der Waals surface area contributed by atoms with Crippen molar-refractivity contribution in [3.8, 4) is 5.75 Å².